The van der Waals surface area contributed by atoms with Crippen LogP contribution in [0.3, 0.4) is 0 Å². The number of carbonyl (C=O) groups is 6. The molecule has 0 heterocycles. The number of Topliss-reactive ketones (excluding diaryl/α,β-unsaturated/α-hetero) is 1. The van der Waals surface area contributed by atoms with Crippen LogP contribution in [0.25, 0.3) is 0 Å². The molecule has 0 aliphatic heterocycles. The molecule has 11 nitrogen and oxygen atoms in total. The smallest absolute Gasteiger partial charge is 0.303 e. The van der Waals surface area contributed by atoms with E-state index in [-0.39, 0.29) is 24.5 Å². The molecule has 0 aromatic heterocycles. The molecule has 11 heteroatoms. The van der Waals surface area contributed by atoms with Crippen molar-refractivity contribution in [2.24, 2.45) is 34.0 Å². The van der Waals surface area contributed by atoms with Gasteiger partial charge in [0.2, 0.25) is 0 Å². The fraction of sp³-hybridized carbons (Fsp3) is 0.733. The average Bonchev–Trinajstić information content (AvgIpc) is 2.98. The highest BCUT2D eigenvalue weighted by molar-refractivity contribution is 6.04. The molecule has 4 rings (SSSR count). The van der Waals surface area contributed by atoms with Crippen molar-refractivity contribution < 1.29 is 52.5 Å². The number of ketones is 1. The lowest BCUT2D eigenvalue weighted by molar-refractivity contribution is -0.301. The van der Waals surface area contributed by atoms with Gasteiger partial charge in [0.15, 0.2) is 11.9 Å². The Kier molecular flexibility index (Phi) is 7.67. The Morgan fingerprint density at radius 2 is 1.17 bits per heavy atom. The van der Waals surface area contributed by atoms with E-state index in [1.54, 1.807) is 13.8 Å². The third kappa shape index (κ3) is 4.74. The second kappa shape index (κ2) is 10.2. The first-order chi connectivity index (χ1) is 18.9. The Morgan fingerprint density at radius 1 is 0.683 bits per heavy atom. The normalized spacial score (nSPS) is 40.4. The van der Waals surface area contributed by atoms with Crippen molar-refractivity contribution in [3.05, 3.63) is 12.2 Å². The fourth-order valence-corrected chi connectivity index (χ4v) is 9.27. The van der Waals surface area contributed by atoms with E-state index in [1.807, 2.05) is 6.92 Å². The molecule has 0 saturated heterocycles. The molecule has 4 aliphatic carbocycles. The zero-order chi connectivity index (χ0) is 30.8. The Hall–Kier alpha value is -3.24. The van der Waals surface area contributed by atoms with Gasteiger partial charge in [0, 0.05) is 51.9 Å². The molecule has 10 unspecified atom stereocenters. The van der Waals surface area contributed by atoms with Gasteiger partial charge in [0.05, 0.1) is 5.41 Å². The fourth-order valence-electron chi connectivity index (χ4n) is 9.27. The van der Waals surface area contributed by atoms with Crippen LogP contribution in [0.15, 0.2) is 12.2 Å². The van der Waals surface area contributed by atoms with Crippen molar-refractivity contribution in [2.75, 3.05) is 0 Å². The first-order valence-corrected chi connectivity index (χ1v) is 14.0. The summed E-state index contributed by atoms with van der Waals surface area (Å²) in [5.74, 6) is -5.16. The summed E-state index contributed by atoms with van der Waals surface area (Å²) in [5, 5.41) is 0. The van der Waals surface area contributed by atoms with Gasteiger partial charge in [-0.05, 0) is 36.2 Å². The molecular formula is C30H40O11. The Bertz CT molecular complexity index is 1200. The average molecular weight is 577 g/mol. The quantitative estimate of drug-likeness (QED) is 0.270. The lowest BCUT2D eigenvalue weighted by Crippen LogP contribution is -2.76. The first-order valence-electron chi connectivity index (χ1n) is 14.0. The molecule has 2 bridgehead atoms. The predicted molar refractivity (Wildman–Crippen MR) is 141 cm³/mol. The number of ether oxygens (including phenoxy) is 5. The molecule has 4 aliphatic rings. The van der Waals surface area contributed by atoms with Crippen LogP contribution in [0.4, 0.5) is 0 Å². The van der Waals surface area contributed by atoms with Crippen LogP contribution in [-0.4, -0.2) is 66.1 Å². The van der Waals surface area contributed by atoms with Crippen LogP contribution < -0.4 is 0 Å². The van der Waals surface area contributed by atoms with Crippen molar-refractivity contribution in [2.45, 2.75) is 105 Å². The van der Waals surface area contributed by atoms with Gasteiger partial charge in [-0.15, -0.1) is 0 Å². The molecule has 4 saturated carbocycles. The SMILES string of the molecule is C=C1C(=O)C23CC1CC(OC(C)=O)C2C1(C)CC(OC(C)=O)C(OC(C)=O)C(C)(C)C1C(OC(C)=O)C3OC(C)=O. The van der Waals surface area contributed by atoms with Crippen LogP contribution in [0.5, 0.6) is 0 Å². The topological polar surface area (TPSA) is 149 Å². The largest absolute Gasteiger partial charge is 0.462 e. The molecule has 10 atom stereocenters. The van der Waals surface area contributed by atoms with Crippen LogP contribution >= 0.6 is 0 Å². The van der Waals surface area contributed by atoms with Crippen molar-refractivity contribution in [3.8, 4) is 0 Å². The summed E-state index contributed by atoms with van der Waals surface area (Å²) < 4.78 is 29.4. The molecule has 0 radical (unpaired) electrons. The second-order valence-electron chi connectivity index (χ2n) is 12.9. The Balaban J connectivity index is 2.06. The second-order valence-corrected chi connectivity index (χ2v) is 12.9. The van der Waals surface area contributed by atoms with Gasteiger partial charge in [-0.25, -0.2) is 0 Å². The highest BCUT2D eigenvalue weighted by Gasteiger charge is 2.79. The minimum Gasteiger partial charge on any atom is -0.462 e. The van der Waals surface area contributed by atoms with Gasteiger partial charge >= 0.3 is 29.8 Å². The molecule has 226 valence electrons. The van der Waals surface area contributed by atoms with Crippen molar-refractivity contribution >= 4 is 35.6 Å². The summed E-state index contributed by atoms with van der Waals surface area (Å²) in [4.78, 5) is 76.6. The lowest BCUT2D eigenvalue weighted by Gasteiger charge is -2.68. The maximum absolute atomic E-state index is 14.3. The Morgan fingerprint density at radius 3 is 1.68 bits per heavy atom. The van der Waals surface area contributed by atoms with E-state index >= 15 is 0 Å². The minimum atomic E-state index is -1.43. The predicted octanol–water partition coefficient (Wildman–Crippen LogP) is 2.86. The van der Waals surface area contributed by atoms with Gasteiger partial charge in [0.1, 0.15) is 24.4 Å². The third-order valence-corrected chi connectivity index (χ3v) is 9.83. The van der Waals surface area contributed by atoms with E-state index < -0.39 is 88.4 Å². The first kappa shape index (κ1) is 30.7. The van der Waals surface area contributed by atoms with Gasteiger partial charge in [-0.2, -0.15) is 0 Å². The van der Waals surface area contributed by atoms with Crippen molar-refractivity contribution in [3.63, 3.8) is 0 Å². The number of fused-ring (bicyclic) bond motifs is 3. The number of rotatable bonds is 5. The molecule has 4 fully saturated rings. The van der Waals surface area contributed by atoms with Gasteiger partial charge in [-0.3, -0.25) is 28.8 Å². The summed E-state index contributed by atoms with van der Waals surface area (Å²) in [6.07, 6.45) is -4.37. The molecule has 0 aromatic rings. The molecule has 0 aromatic carbocycles. The van der Waals surface area contributed by atoms with E-state index in [0.29, 0.717) is 12.0 Å². The molecule has 0 N–H and O–H groups in total. The molecule has 41 heavy (non-hydrogen) atoms. The summed E-state index contributed by atoms with van der Waals surface area (Å²) >= 11 is 0. The van der Waals surface area contributed by atoms with Gasteiger partial charge in [-0.1, -0.05) is 27.4 Å². The highest BCUT2D eigenvalue weighted by atomic mass is 16.6. The zero-order valence-electron chi connectivity index (χ0n) is 24.9. The van der Waals surface area contributed by atoms with E-state index in [0.717, 1.165) is 0 Å². The molecule has 0 amide bonds. The maximum Gasteiger partial charge on any atom is 0.303 e. The number of allylic oxidation sites excluding steroid dienone is 1. The molecule has 1 spiro atoms. The number of carbonyl (C=O) groups excluding carboxylic acids is 6. The Labute approximate surface area is 239 Å². The number of hydrogen-bond donors (Lipinski definition) is 0. The maximum atomic E-state index is 14.3. The van der Waals surface area contributed by atoms with Crippen molar-refractivity contribution in [1.29, 1.82) is 0 Å². The van der Waals surface area contributed by atoms with E-state index in [9.17, 15) is 28.8 Å². The number of esters is 5. The number of hydrogen-bond acceptors (Lipinski definition) is 11. The van der Waals surface area contributed by atoms with Crippen LogP contribution in [0, 0.1) is 34.0 Å². The van der Waals surface area contributed by atoms with E-state index in [4.69, 9.17) is 23.7 Å². The third-order valence-electron chi connectivity index (χ3n) is 9.83. The summed E-state index contributed by atoms with van der Waals surface area (Å²) in [6, 6.07) is 0. The highest BCUT2D eigenvalue weighted by Crippen LogP contribution is 2.72. The zero-order valence-corrected chi connectivity index (χ0v) is 24.9. The lowest BCUT2D eigenvalue weighted by atomic mass is 9.38. The van der Waals surface area contributed by atoms with Crippen LogP contribution in [0.2, 0.25) is 0 Å². The summed E-state index contributed by atoms with van der Waals surface area (Å²) in [7, 11) is 0. The van der Waals surface area contributed by atoms with Crippen LogP contribution in [-0.2, 0) is 52.5 Å². The minimum absolute atomic E-state index is 0.0950. The van der Waals surface area contributed by atoms with E-state index in [2.05, 4.69) is 6.58 Å². The standard InChI is InChI=1S/C30H40O11/c1-13-19-10-20(37-14(2)31)23-29(9)12-21(38-15(3)32)26(40-17(5)34)28(7,8)24(29)22(39-16(4)33)27(41-18(6)35)30(23,11-19)25(13)36/h19-24,26-27H,1,10-12H2,2-9H3. The van der Waals surface area contributed by atoms with Crippen molar-refractivity contribution in [1.82, 2.24) is 0 Å². The monoisotopic (exact) mass is 576 g/mol. The summed E-state index contributed by atoms with van der Waals surface area (Å²) in [5.41, 5.74) is -3.16. The van der Waals surface area contributed by atoms with E-state index in [1.165, 1.54) is 34.6 Å². The summed E-state index contributed by atoms with van der Waals surface area (Å²) in [6.45, 7) is 15.8. The van der Waals surface area contributed by atoms with Gasteiger partial charge < -0.3 is 23.7 Å². The molecular weight excluding hydrogens is 536 g/mol. The van der Waals surface area contributed by atoms with Gasteiger partial charge in [0.25, 0.3) is 0 Å². The van der Waals surface area contributed by atoms with Crippen LogP contribution in [0.1, 0.15) is 74.7 Å².